The van der Waals surface area contributed by atoms with Gasteiger partial charge in [0, 0.05) is 6.42 Å². The summed E-state index contributed by atoms with van der Waals surface area (Å²) < 4.78 is -0.156. The molecule has 0 amide bonds. The van der Waals surface area contributed by atoms with Crippen molar-refractivity contribution in [3.63, 3.8) is 0 Å². The number of aliphatic hydroxyl groups is 1. The van der Waals surface area contributed by atoms with E-state index in [9.17, 15) is 5.21 Å². The van der Waals surface area contributed by atoms with E-state index < -0.39 is 0 Å². The molecule has 0 atom stereocenters. The lowest BCUT2D eigenvalue weighted by Gasteiger charge is -2.49. The Labute approximate surface area is 48.7 Å². The monoisotopic (exact) mass is 117 g/mol. The van der Waals surface area contributed by atoms with Crippen molar-refractivity contribution in [3.05, 3.63) is 5.21 Å². The summed E-state index contributed by atoms with van der Waals surface area (Å²) in [6.07, 6.45) is 1.03. The first-order valence-electron chi connectivity index (χ1n) is 2.95. The Hall–Kier alpha value is -0.120. The van der Waals surface area contributed by atoms with Crippen LogP contribution in [0.25, 0.3) is 0 Å². The number of quaternary nitrogens is 1. The van der Waals surface area contributed by atoms with Crippen LogP contribution in [0.2, 0.25) is 0 Å². The fourth-order valence-electron chi connectivity index (χ4n) is 0.917. The van der Waals surface area contributed by atoms with Gasteiger partial charge in [0.2, 0.25) is 0 Å². The summed E-state index contributed by atoms with van der Waals surface area (Å²) in [6.45, 7) is 1.84. The zero-order chi connectivity index (χ0) is 6.04. The van der Waals surface area contributed by atoms with Crippen LogP contribution in [0.15, 0.2) is 0 Å². The Balaban J connectivity index is 2.20. The van der Waals surface area contributed by atoms with Crippen LogP contribution in [0.1, 0.15) is 6.42 Å². The van der Waals surface area contributed by atoms with Crippen LogP contribution in [-0.2, 0) is 0 Å². The fraction of sp³-hybridized carbons (Fsp3) is 1.00. The molecule has 0 radical (unpaired) electrons. The van der Waals surface area contributed by atoms with E-state index in [4.69, 9.17) is 5.11 Å². The van der Waals surface area contributed by atoms with Crippen LogP contribution in [0.3, 0.4) is 0 Å². The molecule has 0 unspecified atom stereocenters. The third kappa shape index (κ3) is 0.992. The van der Waals surface area contributed by atoms with E-state index in [0.717, 1.165) is 6.42 Å². The molecule has 1 N–H and O–H groups in total. The second kappa shape index (κ2) is 2.01. The van der Waals surface area contributed by atoms with Crippen molar-refractivity contribution in [2.45, 2.75) is 6.42 Å². The zero-order valence-corrected chi connectivity index (χ0v) is 4.84. The lowest BCUT2D eigenvalue weighted by molar-refractivity contribution is -0.918. The fourth-order valence-corrected chi connectivity index (χ4v) is 0.917. The van der Waals surface area contributed by atoms with E-state index >= 15 is 0 Å². The van der Waals surface area contributed by atoms with Gasteiger partial charge in [0.15, 0.2) is 0 Å². The number of aliphatic hydroxyl groups excluding tert-OH is 1. The molecule has 1 rings (SSSR count). The van der Waals surface area contributed by atoms with Crippen molar-refractivity contribution < 1.29 is 9.75 Å². The normalized spacial score (nSPS) is 24.8. The zero-order valence-electron chi connectivity index (χ0n) is 4.84. The molecule has 3 heteroatoms. The quantitative estimate of drug-likeness (QED) is 0.398. The van der Waals surface area contributed by atoms with Crippen LogP contribution in [0.4, 0.5) is 0 Å². The molecule has 1 heterocycles. The average molecular weight is 117 g/mol. The molecule has 1 fully saturated rings. The highest BCUT2D eigenvalue weighted by molar-refractivity contribution is 4.54. The van der Waals surface area contributed by atoms with Crippen LogP contribution in [0, 0.1) is 5.21 Å². The van der Waals surface area contributed by atoms with Gasteiger partial charge in [-0.15, -0.1) is 0 Å². The maximum atomic E-state index is 10.9. The van der Waals surface area contributed by atoms with Crippen molar-refractivity contribution in [2.75, 3.05) is 26.2 Å². The van der Waals surface area contributed by atoms with Gasteiger partial charge >= 0.3 is 0 Å². The smallest absolute Gasteiger partial charge is 0.102 e. The maximum Gasteiger partial charge on any atom is 0.102 e. The van der Waals surface area contributed by atoms with E-state index in [2.05, 4.69) is 0 Å². The van der Waals surface area contributed by atoms with Crippen LogP contribution in [0.5, 0.6) is 0 Å². The average Bonchev–Trinajstić information content (AvgIpc) is 1.64. The number of hydrogen-bond donors (Lipinski definition) is 1. The molecule has 1 saturated heterocycles. The largest absolute Gasteiger partial charge is 0.633 e. The van der Waals surface area contributed by atoms with Gasteiger partial charge in [-0.25, -0.2) is 0 Å². The van der Waals surface area contributed by atoms with Crippen LogP contribution >= 0.6 is 0 Å². The lowest BCUT2D eigenvalue weighted by Crippen LogP contribution is -2.54. The lowest BCUT2D eigenvalue weighted by atomic mass is 10.2. The maximum absolute atomic E-state index is 10.9. The highest BCUT2D eigenvalue weighted by Crippen LogP contribution is 2.15. The van der Waals surface area contributed by atoms with E-state index in [1.54, 1.807) is 0 Å². The summed E-state index contributed by atoms with van der Waals surface area (Å²) in [5, 5.41) is 19.3. The summed E-state index contributed by atoms with van der Waals surface area (Å²) in [7, 11) is 0. The summed E-state index contributed by atoms with van der Waals surface area (Å²) in [6, 6.07) is 0. The SMILES string of the molecule is [O-][N+]1(CCO)CCC1. The minimum atomic E-state index is -0.156. The van der Waals surface area contributed by atoms with Gasteiger partial charge in [-0.3, -0.25) is 0 Å². The molecular formula is C5H11NO2. The number of likely N-dealkylation sites (tertiary alicyclic amines) is 1. The first kappa shape index (κ1) is 6.01. The number of hydrogen-bond acceptors (Lipinski definition) is 2. The molecule has 0 saturated carbocycles. The Morgan fingerprint density at radius 3 is 2.25 bits per heavy atom. The molecular weight excluding hydrogens is 106 g/mol. The van der Waals surface area contributed by atoms with Gasteiger partial charge in [-0.2, -0.15) is 0 Å². The molecule has 1 aliphatic rings. The second-order valence-electron chi connectivity index (χ2n) is 2.31. The molecule has 0 spiro atoms. The minimum absolute atomic E-state index is 0.0312. The standard InChI is InChI=1S/C5H11NO2/c7-5-4-6(8)2-1-3-6/h7H,1-5H2. The molecule has 0 aromatic rings. The Morgan fingerprint density at radius 1 is 1.50 bits per heavy atom. The van der Waals surface area contributed by atoms with E-state index in [1.165, 1.54) is 0 Å². The van der Waals surface area contributed by atoms with E-state index in [1.807, 2.05) is 0 Å². The summed E-state index contributed by atoms with van der Waals surface area (Å²) in [5.41, 5.74) is 0. The Morgan fingerprint density at radius 2 is 2.12 bits per heavy atom. The first-order chi connectivity index (χ1) is 3.77. The molecule has 0 bridgehead atoms. The third-order valence-electron chi connectivity index (χ3n) is 1.64. The predicted molar refractivity (Wildman–Crippen MR) is 29.9 cm³/mol. The van der Waals surface area contributed by atoms with Crippen LogP contribution in [-0.4, -0.2) is 36.0 Å². The van der Waals surface area contributed by atoms with Crippen molar-refractivity contribution in [1.82, 2.24) is 0 Å². The van der Waals surface area contributed by atoms with Gasteiger partial charge in [-0.05, 0) is 0 Å². The third-order valence-corrected chi connectivity index (χ3v) is 1.64. The van der Waals surface area contributed by atoms with E-state index in [0.29, 0.717) is 19.6 Å². The molecule has 8 heavy (non-hydrogen) atoms. The molecule has 1 aliphatic heterocycles. The van der Waals surface area contributed by atoms with Crippen molar-refractivity contribution in [3.8, 4) is 0 Å². The van der Waals surface area contributed by atoms with Crippen molar-refractivity contribution in [1.29, 1.82) is 0 Å². The molecule has 3 nitrogen and oxygen atoms in total. The highest BCUT2D eigenvalue weighted by atomic mass is 16.6. The molecule has 0 aliphatic carbocycles. The van der Waals surface area contributed by atoms with Gasteiger partial charge in [0.1, 0.15) is 6.54 Å². The van der Waals surface area contributed by atoms with Crippen molar-refractivity contribution >= 4 is 0 Å². The second-order valence-corrected chi connectivity index (χ2v) is 2.31. The molecule has 0 aromatic heterocycles. The number of rotatable bonds is 2. The Bertz CT molecular complexity index is 80.5. The van der Waals surface area contributed by atoms with Gasteiger partial charge in [0.25, 0.3) is 0 Å². The highest BCUT2D eigenvalue weighted by Gasteiger charge is 2.24. The van der Waals surface area contributed by atoms with Crippen molar-refractivity contribution in [2.24, 2.45) is 0 Å². The number of nitrogens with zero attached hydrogens (tertiary/aromatic N) is 1. The number of hydroxylamine groups is 3. The minimum Gasteiger partial charge on any atom is -0.633 e. The van der Waals surface area contributed by atoms with Gasteiger partial charge in [0.05, 0.1) is 19.7 Å². The summed E-state index contributed by atoms with van der Waals surface area (Å²) in [5.74, 6) is 0. The van der Waals surface area contributed by atoms with E-state index in [-0.39, 0.29) is 11.3 Å². The topological polar surface area (TPSA) is 43.3 Å². The summed E-state index contributed by atoms with van der Waals surface area (Å²) in [4.78, 5) is 0. The van der Waals surface area contributed by atoms with Gasteiger partial charge < -0.3 is 15.0 Å². The molecule has 0 aromatic carbocycles. The predicted octanol–water partition coefficient (Wildman–Crippen LogP) is -0.303. The molecule has 48 valence electrons. The Kier molecular flexibility index (Phi) is 1.51. The van der Waals surface area contributed by atoms with Gasteiger partial charge in [-0.1, -0.05) is 0 Å². The van der Waals surface area contributed by atoms with Crippen LogP contribution < -0.4 is 0 Å². The summed E-state index contributed by atoms with van der Waals surface area (Å²) >= 11 is 0. The first-order valence-corrected chi connectivity index (χ1v) is 2.95.